The third kappa shape index (κ3) is 3.02. The van der Waals surface area contributed by atoms with Gasteiger partial charge in [0.2, 0.25) is 0 Å². The van der Waals surface area contributed by atoms with Gasteiger partial charge in [0, 0.05) is 13.6 Å². The van der Waals surface area contributed by atoms with Gasteiger partial charge in [-0.15, -0.1) is 0 Å². The van der Waals surface area contributed by atoms with Crippen molar-refractivity contribution in [1.29, 1.82) is 0 Å². The maximum atomic E-state index is 12.1. The van der Waals surface area contributed by atoms with E-state index in [2.05, 4.69) is 0 Å². The molecule has 2 fully saturated rings. The number of hydrogen-bond acceptors (Lipinski definition) is 3. The molecule has 5 heteroatoms. The summed E-state index contributed by atoms with van der Waals surface area (Å²) in [4.78, 5) is 24.6. The molecule has 102 valence electrons. The molecule has 0 aromatic rings. The summed E-state index contributed by atoms with van der Waals surface area (Å²) in [6.45, 7) is 0.774. The van der Waals surface area contributed by atoms with Crippen LogP contribution in [0.3, 0.4) is 0 Å². The van der Waals surface area contributed by atoms with Gasteiger partial charge in [-0.25, -0.2) is 4.79 Å². The number of carboxylic acid groups (broad SMARTS) is 1. The van der Waals surface area contributed by atoms with Gasteiger partial charge in [-0.3, -0.25) is 4.79 Å². The van der Waals surface area contributed by atoms with Crippen molar-refractivity contribution in [3.05, 3.63) is 0 Å². The standard InChI is InChI=1S/C13H21NO4/c1-14(8-9-4-2-3-5-9)12(15)10-6-7-11(18-10)13(16)17/h9-11H,2-8H2,1H3,(H,16,17). The third-order valence-electron chi connectivity index (χ3n) is 3.95. The molecule has 1 aliphatic heterocycles. The Morgan fingerprint density at radius 2 is 1.78 bits per heavy atom. The fraction of sp³-hybridized carbons (Fsp3) is 0.846. The van der Waals surface area contributed by atoms with Gasteiger partial charge in [0.15, 0.2) is 6.10 Å². The molecule has 1 saturated carbocycles. The molecule has 0 bridgehead atoms. The van der Waals surface area contributed by atoms with Crippen LogP contribution in [0.1, 0.15) is 38.5 Å². The Morgan fingerprint density at radius 1 is 1.17 bits per heavy atom. The zero-order chi connectivity index (χ0) is 13.1. The molecule has 0 radical (unpaired) electrons. The summed E-state index contributed by atoms with van der Waals surface area (Å²) in [5, 5.41) is 8.83. The molecule has 2 unspecified atom stereocenters. The number of likely N-dealkylation sites (N-methyl/N-ethyl adjacent to an activating group) is 1. The van der Waals surface area contributed by atoms with Crippen molar-refractivity contribution in [2.75, 3.05) is 13.6 Å². The van der Waals surface area contributed by atoms with Crippen molar-refractivity contribution >= 4 is 11.9 Å². The molecule has 2 atom stereocenters. The van der Waals surface area contributed by atoms with Crippen molar-refractivity contribution < 1.29 is 19.4 Å². The van der Waals surface area contributed by atoms with Crippen LogP contribution in [0.2, 0.25) is 0 Å². The Bertz CT molecular complexity index is 325. The molecule has 1 aliphatic carbocycles. The Kier molecular flexibility index (Phi) is 4.22. The normalized spacial score (nSPS) is 28.5. The van der Waals surface area contributed by atoms with Crippen molar-refractivity contribution in [2.45, 2.75) is 50.7 Å². The lowest BCUT2D eigenvalue weighted by Gasteiger charge is -2.23. The number of hydrogen-bond donors (Lipinski definition) is 1. The average molecular weight is 255 g/mol. The highest BCUT2D eigenvalue weighted by atomic mass is 16.5. The number of nitrogens with zero attached hydrogens (tertiary/aromatic N) is 1. The number of carbonyl (C=O) groups excluding carboxylic acids is 1. The van der Waals surface area contributed by atoms with Crippen LogP contribution in [0.15, 0.2) is 0 Å². The number of carboxylic acids is 1. The van der Waals surface area contributed by atoms with Crippen LogP contribution in [0.4, 0.5) is 0 Å². The van der Waals surface area contributed by atoms with E-state index in [0.29, 0.717) is 18.8 Å². The van der Waals surface area contributed by atoms with E-state index in [4.69, 9.17) is 9.84 Å². The van der Waals surface area contributed by atoms with E-state index < -0.39 is 18.2 Å². The van der Waals surface area contributed by atoms with Crippen molar-refractivity contribution in [1.82, 2.24) is 4.90 Å². The van der Waals surface area contributed by atoms with Gasteiger partial charge in [0.25, 0.3) is 5.91 Å². The fourth-order valence-electron chi connectivity index (χ4n) is 2.92. The topological polar surface area (TPSA) is 66.8 Å². The largest absolute Gasteiger partial charge is 0.479 e. The first-order chi connectivity index (χ1) is 8.58. The highest BCUT2D eigenvalue weighted by Gasteiger charge is 2.36. The molecular formula is C13H21NO4. The van der Waals surface area contributed by atoms with Crippen molar-refractivity contribution in [3.8, 4) is 0 Å². The third-order valence-corrected chi connectivity index (χ3v) is 3.95. The van der Waals surface area contributed by atoms with Crippen LogP contribution >= 0.6 is 0 Å². The maximum Gasteiger partial charge on any atom is 0.332 e. The minimum Gasteiger partial charge on any atom is -0.479 e. The van der Waals surface area contributed by atoms with Crippen LogP contribution in [0, 0.1) is 5.92 Å². The summed E-state index contributed by atoms with van der Waals surface area (Å²) in [6.07, 6.45) is 4.49. The van der Waals surface area contributed by atoms with E-state index in [0.717, 1.165) is 6.54 Å². The Balaban J connectivity index is 1.81. The molecule has 1 amide bonds. The second-order valence-electron chi connectivity index (χ2n) is 5.40. The number of amides is 1. The molecule has 2 aliphatic rings. The summed E-state index contributed by atoms with van der Waals surface area (Å²) in [6, 6.07) is 0. The minimum atomic E-state index is -0.969. The molecule has 0 aromatic carbocycles. The van der Waals surface area contributed by atoms with Gasteiger partial charge < -0.3 is 14.7 Å². The average Bonchev–Trinajstić information content (AvgIpc) is 2.98. The summed E-state index contributed by atoms with van der Waals surface area (Å²) in [5.41, 5.74) is 0. The first kappa shape index (κ1) is 13.3. The zero-order valence-electron chi connectivity index (χ0n) is 10.8. The predicted molar refractivity (Wildman–Crippen MR) is 65.1 cm³/mol. The second kappa shape index (κ2) is 5.69. The quantitative estimate of drug-likeness (QED) is 0.821. The SMILES string of the molecule is CN(CC1CCCC1)C(=O)C1CCC(C(=O)O)O1. The molecular weight excluding hydrogens is 234 g/mol. The summed E-state index contributed by atoms with van der Waals surface area (Å²) in [5.74, 6) is -0.426. The molecule has 5 nitrogen and oxygen atoms in total. The van der Waals surface area contributed by atoms with Gasteiger partial charge in [-0.1, -0.05) is 12.8 Å². The van der Waals surface area contributed by atoms with Crippen LogP contribution in [0.5, 0.6) is 0 Å². The van der Waals surface area contributed by atoms with E-state index >= 15 is 0 Å². The predicted octanol–water partition coefficient (Wildman–Crippen LogP) is 1.27. The van der Waals surface area contributed by atoms with Crippen molar-refractivity contribution in [3.63, 3.8) is 0 Å². The lowest BCUT2D eigenvalue weighted by atomic mass is 10.1. The van der Waals surface area contributed by atoms with E-state index in [9.17, 15) is 9.59 Å². The Labute approximate surface area is 107 Å². The highest BCUT2D eigenvalue weighted by molar-refractivity contribution is 5.82. The second-order valence-corrected chi connectivity index (χ2v) is 5.40. The molecule has 2 rings (SSSR count). The van der Waals surface area contributed by atoms with E-state index in [1.54, 1.807) is 11.9 Å². The Hall–Kier alpha value is -1.10. The molecule has 0 spiro atoms. The van der Waals surface area contributed by atoms with Gasteiger partial charge in [-0.05, 0) is 31.6 Å². The van der Waals surface area contributed by atoms with Crippen LogP contribution in [0.25, 0.3) is 0 Å². The Morgan fingerprint density at radius 3 is 2.33 bits per heavy atom. The van der Waals surface area contributed by atoms with Gasteiger partial charge >= 0.3 is 5.97 Å². The van der Waals surface area contributed by atoms with E-state index in [-0.39, 0.29) is 5.91 Å². The van der Waals surface area contributed by atoms with Gasteiger partial charge in [0.1, 0.15) is 6.10 Å². The summed E-state index contributed by atoms with van der Waals surface area (Å²) in [7, 11) is 1.79. The maximum absolute atomic E-state index is 12.1. The van der Waals surface area contributed by atoms with Gasteiger partial charge in [0.05, 0.1) is 0 Å². The molecule has 1 saturated heterocycles. The summed E-state index contributed by atoms with van der Waals surface area (Å²) >= 11 is 0. The first-order valence-electron chi connectivity index (χ1n) is 6.71. The van der Waals surface area contributed by atoms with E-state index in [1.807, 2.05) is 0 Å². The monoisotopic (exact) mass is 255 g/mol. The summed E-state index contributed by atoms with van der Waals surface area (Å²) < 4.78 is 5.28. The van der Waals surface area contributed by atoms with Crippen LogP contribution in [-0.4, -0.2) is 47.7 Å². The molecule has 1 N–H and O–H groups in total. The first-order valence-corrected chi connectivity index (χ1v) is 6.71. The fourth-order valence-corrected chi connectivity index (χ4v) is 2.92. The number of ether oxygens (including phenoxy) is 1. The van der Waals surface area contributed by atoms with Crippen LogP contribution < -0.4 is 0 Å². The van der Waals surface area contributed by atoms with Gasteiger partial charge in [-0.2, -0.15) is 0 Å². The van der Waals surface area contributed by atoms with E-state index in [1.165, 1.54) is 25.7 Å². The van der Waals surface area contributed by atoms with Crippen molar-refractivity contribution in [2.24, 2.45) is 5.92 Å². The lowest BCUT2D eigenvalue weighted by Crippen LogP contribution is -2.39. The molecule has 0 aromatic heterocycles. The number of rotatable bonds is 4. The molecule has 18 heavy (non-hydrogen) atoms. The highest BCUT2D eigenvalue weighted by Crippen LogP contribution is 2.26. The minimum absolute atomic E-state index is 0.0642. The number of carbonyl (C=O) groups is 2. The lowest BCUT2D eigenvalue weighted by molar-refractivity contribution is -0.154. The van der Waals surface area contributed by atoms with Crippen LogP contribution in [-0.2, 0) is 14.3 Å². The number of aliphatic carboxylic acids is 1. The zero-order valence-corrected chi connectivity index (χ0v) is 10.8. The molecule has 1 heterocycles. The smallest absolute Gasteiger partial charge is 0.332 e.